The molecule has 138 valence electrons. The number of carbonyl (C=O) groups excluding carboxylic acids is 1. The van der Waals surface area contributed by atoms with Gasteiger partial charge in [-0.3, -0.25) is 15.6 Å². The van der Waals surface area contributed by atoms with E-state index in [1.165, 1.54) is 23.9 Å². The molecule has 9 heteroatoms. The fraction of sp³-hybridized carbons (Fsp3) is 0.176. The Labute approximate surface area is 170 Å². The van der Waals surface area contributed by atoms with Crippen LogP contribution in [0.15, 0.2) is 36.4 Å². The lowest BCUT2D eigenvalue weighted by molar-refractivity contribution is -0.119. The topological polar surface area (TPSA) is 53.2 Å². The number of amides is 1. The number of thiocarbonyl (C=S) groups is 1. The number of benzene rings is 2. The summed E-state index contributed by atoms with van der Waals surface area (Å²) in [5, 5.41) is 4.14. The Bertz CT molecular complexity index is 821. The van der Waals surface area contributed by atoms with Gasteiger partial charge in [-0.15, -0.1) is 11.8 Å². The fourth-order valence-corrected chi connectivity index (χ4v) is 3.42. The summed E-state index contributed by atoms with van der Waals surface area (Å²) in [6, 6.07) is 9.59. The molecule has 0 aliphatic carbocycles. The van der Waals surface area contributed by atoms with Gasteiger partial charge in [-0.2, -0.15) is 0 Å². The lowest BCUT2D eigenvalue weighted by Gasteiger charge is -2.13. The maximum Gasteiger partial charge on any atom is 0.248 e. The maximum absolute atomic E-state index is 13.0. The number of aryl methyl sites for hydroxylation is 1. The standard InChI is InChI=1S/C17H16Cl2FN3OS2/c1-10-2-4-12(18)6-15(10)21-17(25)23-22-16(24)9-26-8-11-3-5-13(20)7-14(11)19/h2-7H,8-9H2,1H3,(H,22,24)(H2,21,23,25). The molecule has 2 aromatic carbocycles. The highest BCUT2D eigenvalue weighted by atomic mass is 35.5. The van der Waals surface area contributed by atoms with Crippen molar-refractivity contribution in [1.82, 2.24) is 10.9 Å². The predicted molar refractivity (Wildman–Crippen MR) is 111 cm³/mol. The maximum atomic E-state index is 13.0. The monoisotopic (exact) mass is 431 g/mol. The summed E-state index contributed by atoms with van der Waals surface area (Å²) in [6.07, 6.45) is 0. The summed E-state index contributed by atoms with van der Waals surface area (Å²) in [4.78, 5) is 11.9. The minimum Gasteiger partial charge on any atom is -0.331 e. The van der Waals surface area contributed by atoms with Gasteiger partial charge in [-0.25, -0.2) is 4.39 Å². The first-order valence-electron chi connectivity index (χ1n) is 7.49. The van der Waals surface area contributed by atoms with Crippen LogP contribution in [0.3, 0.4) is 0 Å². The lowest BCUT2D eigenvalue weighted by atomic mass is 10.2. The largest absolute Gasteiger partial charge is 0.331 e. The van der Waals surface area contributed by atoms with E-state index >= 15 is 0 Å². The molecule has 0 unspecified atom stereocenters. The minimum atomic E-state index is -0.387. The number of anilines is 1. The molecular formula is C17H16Cl2FN3OS2. The van der Waals surface area contributed by atoms with Crippen LogP contribution in [-0.2, 0) is 10.5 Å². The van der Waals surface area contributed by atoms with E-state index in [0.29, 0.717) is 15.8 Å². The molecule has 0 spiro atoms. The van der Waals surface area contributed by atoms with Crippen molar-refractivity contribution < 1.29 is 9.18 Å². The summed E-state index contributed by atoms with van der Waals surface area (Å²) in [5.41, 5.74) is 7.64. The van der Waals surface area contributed by atoms with E-state index in [9.17, 15) is 9.18 Å². The Morgan fingerprint density at radius 1 is 1.19 bits per heavy atom. The SMILES string of the molecule is Cc1ccc(Cl)cc1NC(=S)NNC(=O)CSCc1ccc(F)cc1Cl. The highest BCUT2D eigenvalue weighted by molar-refractivity contribution is 7.99. The first-order valence-corrected chi connectivity index (χ1v) is 9.80. The smallest absolute Gasteiger partial charge is 0.248 e. The molecule has 3 N–H and O–H groups in total. The number of carbonyl (C=O) groups is 1. The van der Waals surface area contributed by atoms with Crippen LogP contribution in [0.4, 0.5) is 10.1 Å². The van der Waals surface area contributed by atoms with E-state index < -0.39 is 0 Å². The molecule has 0 fully saturated rings. The van der Waals surface area contributed by atoms with Crippen LogP contribution in [0.25, 0.3) is 0 Å². The molecule has 0 saturated heterocycles. The van der Waals surface area contributed by atoms with Gasteiger partial charge < -0.3 is 5.32 Å². The summed E-state index contributed by atoms with van der Waals surface area (Å²) >= 11 is 18.4. The van der Waals surface area contributed by atoms with Crippen molar-refractivity contribution in [2.75, 3.05) is 11.1 Å². The van der Waals surface area contributed by atoms with Gasteiger partial charge >= 0.3 is 0 Å². The van der Waals surface area contributed by atoms with Crippen molar-refractivity contribution in [2.45, 2.75) is 12.7 Å². The number of thioether (sulfide) groups is 1. The molecule has 0 aliphatic rings. The highest BCUT2D eigenvalue weighted by Gasteiger charge is 2.07. The fourth-order valence-electron chi connectivity index (χ4n) is 1.94. The first-order chi connectivity index (χ1) is 12.3. The second-order valence-corrected chi connectivity index (χ2v) is 7.55. The number of nitrogens with one attached hydrogen (secondary N) is 3. The van der Waals surface area contributed by atoms with Crippen molar-refractivity contribution in [3.05, 3.63) is 63.4 Å². The van der Waals surface area contributed by atoms with Gasteiger partial charge in [0.25, 0.3) is 0 Å². The zero-order valence-corrected chi connectivity index (χ0v) is 16.9. The summed E-state index contributed by atoms with van der Waals surface area (Å²) in [7, 11) is 0. The first kappa shape index (κ1) is 20.8. The second-order valence-electron chi connectivity index (χ2n) is 5.32. The third kappa shape index (κ3) is 6.64. The Balaban J connectivity index is 1.72. The molecule has 2 rings (SSSR count). The summed E-state index contributed by atoms with van der Waals surface area (Å²) in [5.74, 6) is 0.0537. The van der Waals surface area contributed by atoms with Crippen LogP contribution in [0.2, 0.25) is 10.0 Å². The average molecular weight is 432 g/mol. The van der Waals surface area contributed by atoms with Gasteiger partial charge in [-0.1, -0.05) is 35.3 Å². The van der Waals surface area contributed by atoms with Gasteiger partial charge in [0.05, 0.1) is 5.75 Å². The van der Waals surface area contributed by atoms with E-state index in [2.05, 4.69) is 16.2 Å². The second kappa shape index (κ2) is 9.97. The van der Waals surface area contributed by atoms with Gasteiger partial charge in [0.2, 0.25) is 5.91 Å². The molecule has 0 saturated carbocycles. The summed E-state index contributed by atoms with van der Waals surface area (Å²) in [6.45, 7) is 1.91. The van der Waals surface area contributed by atoms with E-state index in [0.717, 1.165) is 16.8 Å². The molecule has 2 aromatic rings. The Kier molecular flexibility index (Phi) is 7.96. The van der Waals surface area contributed by atoms with Crippen LogP contribution in [0.1, 0.15) is 11.1 Å². The quantitative estimate of drug-likeness (QED) is 0.473. The zero-order chi connectivity index (χ0) is 19.1. The predicted octanol–water partition coefficient (Wildman–Crippen LogP) is 4.69. The van der Waals surface area contributed by atoms with Crippen molar-refractivity contribution in [3.63, 3.8) is 0 Å². The molecule has 1 amide bonds. The number of hydrogen-bond donors (Lipinski definition) is 3. The number of hydrazine groups is 1. The molecule has 0 aromatic heterocycles. The lowest BCUT2D eigenvalue weighted by Crippen LogP contribution is -2.44. The Hall–Kier alpha value is -1.54. The van der Waals surface area contributed by atoms with Crippen molar-refractivity contribution >= 4 is 63.9 Å². The van der Waals surface area contributed by atoms with Crippen LogP contribution < -0.4 is 16.2 Å². The zero-order valence-electron chi connectivity index (χ0n) is 13.7. The molecule has 0 aliphatic heterocycles. The van der Waals surface area contributed by atoms with Gasteiger partial charge in [0.1, 0.15) is 5.82 Å². The normalized spacial score (nSPS) is 10.3. The summed E-state index contributed by atoms with van der Waals surface area (Å²) < 4.78 is 13.0. The molecular weight excluding hydrogens is 416 g/mol. The molecule has 26 heavy (non-hydrogen) atoms. The highest BCUT2D eigenvalue weighted by Crippen LogP contribution is 2.22. The Morgan fingerprint density at radius 3 is 2.69 bits per heavy atom. The molecule has 4 nitrogen and oxygen atoms in total. The van der Waals surface area contributed by atoms with Crippen molar-refractivity contribution in [3.8, 4) is 0 Å². The van der Waals surface area contributed by atoms with Crippen LogP contribution in [0.5, 0.6) is 0 Å². The van der Waals surface area contributed by atoms with E-state index in [4.69, 9.17) is 35.4 Å². The molecule has 0 atom stereocenters. The van der Waals surface area contributed by atoms with Crippen molar-refractivity contribution in [1.29, 1.82) is 0 Å². The Morgan fingerprint density at radius 2 is 1.96 bits per heavy atom. The van der Waals surface area contributed by atoms with Gasteiger partial charge in [0, 0.05) is 21.5 Å². The third-order valence-corrected chi connectivity index (χ3v) is 5.04. The van der Waals surface area contributed by atoms with Gasteiger partial charge in [0.15, 0.2) is 5.11 Å². The number of rotatable bonds is 5. The average Bonchev–Trinajstić information content (AvgIpc) is 2.58. The van der Waals surface area contributed by atoms with Gasteiger partial charge in [-0.05, 0) is 54.5 Å². The molecule has 0 radical (unpaired) electrons. The molecule has 0 bridgehead atoms. The van der Waals surface area contributed by atoms with E-state index in [1.54, 1.807) is 18.2 Å². The number of hydrogen-bond acceptors (Lipinski definition) is 3. The van der Waals surface area contributed by atoms with Crippen LogP contribution in [-0.4, -0.2) is 16.8 Å². The van der Waals surface area contributed by atoms with Crippen LogP contribution in [0, 0.1) is 12.7 Å². The van der Waals surface area contributed by atoms with Crippen LogP contribution >= 0.6 is 47.2 Å². The third-order valence-electron chi connectivity index (χ3n) is 3.27. The van der Waals surface area contributed by atoms with Crippen molar-refractivity contribution in [2.24, 2.45) is 0 Å². The number of halogens is 3. The van der Waals surface area contributed by atoms with E-state index in [1.807, 2.05) is 13.0 Å². The minimum absolute atomic E-state index is 0.194. The van der Waals surface area contributed by atoms with E-state index in [-0.39, 0.29) is 22.6 Å². The molecule has 0 heterocycles.